The third-order valence-corrected chi connectivity index (χ3v) is 2.94. The summed E-state index contributed by atoms with van der Waals surface area (Å²) in [4.78, 5) is 0. The van der Waals surface area contributed by atoms with Gasteiger partial charge in [-0.2, -0.15) is 0 Å². The summed E-state index contributed by atoms with van der Waals surface area (Å²) in [6.07, 6.45) is 8.32. The topological polar surface area (TPSA) is 0 Å². The zero-order valence-corrected chi connectivity index (χ0v) is 11.2. The van der Waals surface area contributed by atoms with Crippen LogP contribution in [0.25, 0.3) is 18.2 Å². The van der Waals surface area contributed by atoms with E-state index in [1.165, 1.54) is 16.7 Å². The van der Waals surface area contributed by atoms with E-state index < -0.39 is 0 Å². The SMILES string of the molecule is C=Cc1ccccc1/C=C/C(C)=C/c1ccccc1. The van der Waals surface area contributed by atoms with Crippen molar-refractivity contribution < 1.29 is 0 Å². The van der Waals surface area contributed by atoms with Gasteiger partial charge in [-0.3, -0.25) is 0 Å². The minimum Gasteiger partial charge on any atom is -0.0984 e. The predicted octanol–water partition coefficient (Wildman–Crippen LogP) is 5.45. The van der Waals surface area contributed by atoms with Crippen molar-refractivity contribution in [3.05, 3.63) is 89.5 Å². The maximum atomic E-state index is 3.84. The van der Waals surface area contributed by atoms with Crippen LogP contribution in [0.1, 0.15) is 23.6 Å². The van der Waals surface area contributed by atoms with Crippen LogP contribution >= 0.6 is 0 Å². The molecule has 0 nitrogen and oxygen atoms in total. The lowest BCUT2D eigenvalue weighted by Gasteiger charge is -2.00. The van der Waals surface area contributed by atoms with E-state index in [1.54, 1.807) is 0 Å². The maximum absolute atomic E-state index is 3.84. The van der Waals surface area contributed by atoms with Crippen molar-refractivity contribution in [2.24, 2.45) is 0 Å². The highest BCUT2D eigenvalue weighted by atomic mass is 14.0. The first-order valence-electron chi connectivity index (χ1n) is 6.42. The van der Waals surface area contributed by atoms with Gasteiger partial charge in [-0.05, 0) is 23.6 Å². The van der Waals surface area contributed by atoms with Crippen LogP contribution in [0.3, 0.4) is 0 Å². The van der Waals surface area contributed by atoms with Gasteiger partial charge in [0.1, 0.15) is 0 Å². The molecule has 0 heterocycles. The lowest BCUT2D eigenvalue weighted by atomic mass is 10.1. The van der Waals surface area contributed by atoms with Gasteiger partial charge in [0.25, 0.3) is 0 Å². The Morgan fingerprint density at radius 3 is 2.21 bits per heavy atom. The van der Waals surface area contributed by atoms with Gasteiger partial charge in [-0.25, -0.2) is 0 Å². The zero-order chi connectivity index (χ0) is 13.5. The summed E-state index contributed by atoms with van der Waals surface area (Å²) in [5, 5.41) is 0. The molecule has 0 unspecified atom stereocenters. The van der Waals surface area contributed by atoms with Crippen molar-refractivity contribution in [3.8, 4) is 0 Å². The Bertz CT molecular complexity index is 601. The highest BCUT2D eigenvalue weighted by Gasteiger charge is 1.93. The molecule has 0 amide bonds. The predicted molar refractivity (Wildman–Crippen MR) is 85.7 cm³/mol. The Balaban J connectivity index is 2.18. The van der Waals surface area contributed by atoms with Crippen molar-refractivity contribution >= 4 is 18.2 Å². The molecule has 0 bridgehead atoms. The Morgan fingerprint density at radius 2 is 1.53 bits per heavy atom. The second-order valence-electron chi connectivity index (χ2n) is 4.47. The molecule has 0 saturated carbocycles. The van der Waals surface area contributed by atoms with E-state index in [2.05, 4.69) is 68.1 Å². The molecule has 94 valence electrons. The first-order chi connectivity index (χ1) is 9.29. The van der Waals surface area contributed by atoms with Gasteiger partial charge in [-0.1, -0.05) is 91.1 Å². The molecule has 2 aromatic carbocycles. The lowest BCUT2D eigenvalue weighted by molar-refractivity contribution is 1.54. The monoisotopic (exact) mass is 246 g/mol. The summed E-state index contributed by atoms with van der Waals surface area (Å²) >= 11 is 0. The second kappa shape index (κ2) is 6.55. The summed E-state index contributed by atoms with van der Waals surface area (Å²) in [5.74, 6) is 0. The molecule has 0 heteroatoms. The number of benzene rings is 2. The largest absolute Gasteiger partial charge is 0.0984 e. The average Bonchev–Trinajstić information content (AvgIpc) is 2.46. The molecular formula is C19H18. The van der Waals surface area contributed by atoms with E-state index in [9.17, 15) is 0 Å². The van der Waals surface area contributed by atoms with Gasteiger partial charge >= 0.3 is 0 Å². The molecule has 0 N–H and O–H groups in total. The lowest BCUT2D eigenvalue weighted by Crippen LogP contribution is -1.79. The quantitative estimate of drug-likeness (QED) is 0.629. The van der Waals surface area contributed by atoms with Gasteiger partial charge in [0.15, 0.2) is 0 Å². The van der Waals surface area contributed by atoms with E-state index in [0.717, 1.165) is 5.56 Å². The normalized spacial score (nSPS) is 11.7. The van der Waals surface area contributed by atoms with Crippen LogP contribution in [-0.2, 0) is 0 Å². The third-order valence-electron chi connectivity index (χ3n) is 2.94. The Kier molecular flexibility index (Phi) is 4.52. The highest BCUT2D eigenvalue weighted by molar-refractivity contribution is 5.67. The first-order valence-corrected chi connectivity index (χ1v) is 6.42. The van der Waals surface area contributed by atoms with Crippen LogP contribution in [0.15, 0.2) is 72.8 Å². The molecule has 0 spiro atoms. The van der Waals surface area contributed by atoms with Gasteiger partial charge in [0.2, 0.25) is 0 Å². The van der Waals surface area contributed by atoms with Crippen molar-refractivity contribution in [1.29, 1.82) is 0 Å². The van der Waals surface area contributed by atoms with E-state index in [1.807, 2.05) is 24.3 Å². The van der Waals surface area contributed by atoms with Crippen molar-refractivity contribution in [1.82, 2.24) is 0 Å². The second-order valence-corrected chi connectivity index (χ2v) is 4.47. The van der Waals surface area contributed by atoms with Crippen molar-refractivity contribution in [3.63, 3.8) is 0 Å². The van der Waals surface area contributed by atoms with Crippen LogP contribution in [0.2, 0.25) is 0 Å². The van der Waals surface area contributed by atoms with Gasteiger partial charge in [0, 0.05) is 0 Å². The minimum atomic E-state index is 1.16. The van der Waals surface area contributed by atoms with Gasteiger partial charge < -0.3 is 0 Å². The molecule has 0 saturated heterocycles. The Labute approximate surface area is 115 Å². The summed E-state index contributed by atoms with van der Waals surface area (Å²) < 4.78 is 0. The standard InChI is InChI=1S/C19H18/c1-3-18-11-7-8-12-19(18)14-13-16(2)15-17-9-5-4-6-10-17/h3-15H,1H2,2H3/b14-13+,16-15+. The molecule has 0 aliphatic heterocycles. The summed E-state index contributed by atoms with van der Waals surface area (Å²) in [6.45, 7) is 5.95. The van der Waals surface area contributed by atoms with Crippen LogP contribution in [0.5, 0.6) is 0 Å². The fraction of sp³-hybridized carbons (Fsp3) is 0.0526. The van der Waals surface area contributed by atoms with Gasteiger partial charge in [0.05, 0.1) is 0 Å². The molecule has 19 heavy (non-hydrogen) atoms. The molecule has 0 atom stereocenters. The maximum Gasteiger partial charge on any atom is -0.0184 e. The zero-order valence-electron chi connectivity index (χ0n) is 11.2. The van der Waals surface area contributed by atoms with Gasteiger partial charge in [-0.15, -0.1) is 0 Å². The van der Waals surface area contributed by atoms with E-state index in [-0.39, 0.29) is 0 Å². The van der Waals surface area contributed by atoms with Crippen LogP contribution in [0.4, 0.5) is 0 Å². The van der Waals surface area contributed by atoms with E-state index in [4.69, 9.17) is 0 Å². The number of hydrogen-bond acceptors (Lipinski definition) is 0. The minimum absolute atomic E-state index is 1.16. The molecule has 2 rings (SSSR count). The average molecular weight is 246 g/mol. The molecule has 0 aromatic heterocycles. The fourth-order valence-electron chi connectivity index (χ4n) is 1.93. The van der Waals surface area contributed by atoms with Crippen LogP contribution in [0, 0.1) is 0 Å². The van der Waals surface area contributed by atoms with Crippen LogP contribution < -0.4 is 0 Å². The first kappa shape index (κ1) is 13.1. The Morgan fingerprint density at radius 1 is 0.895 bits per heavy atom. The molecule has 0 aliphatic carbocycles. The molecule has 0 fully saturated rings. The summed E-state index contributed by atoms with van der Waals surface area (Å²) in [5.41, 5.74) is 4.80. The van der Waals surface area contributed by atoms with Crippen molar-refractivity contribution in [2.75, 3.05) is 0 Å². The molecular weight excluding hydrogens is 228 g/mol. The number of hydrogen-bond donors (Lipinski definition) is 0. The molecule has 2 aromatic rings. The highest BCUT2D eigenvalue weighted by Crippen LogP contribution is 2.14. The number of allylic oxidation sites excluding steroid dienone is 2. The van der Waals surface area contributed by atoms with Crippen LogP contribution in [-0.4, -0.2) is 0 Å². The fourth-order valence-corrected chi connectivity index (χ4v) is 1.93. The van der Waals surface area contributed by atoms with E-state index >= 15 is 0 Å². The Hall–Kier alpha value is -2.34. The smallest absolute Gasteiger partial charge is 0.0184 e. The third kappa shape index (κ3) is 3.82. The summed E-state index contributed by atoms with van der Waals surface area (Å²) in [6, 6.07) is 18.6. The summed E-state index contributed by atoms with van der Waals surface area (Å²) in [7, 11) is 0. The van der Waals surface area contributed by atoms with E-state index in [0.29, 0.717) is 0 Å². The molecule has 0 aliphatic rings. The molecule has 0 radical (unpaired) electrons. The number of rotatable bonds is 4. The van der Waals surface area contributed by atoms with Crippen molar-refractivity contribution in [2.45, 2.75) is 6.92 Å².